The third-order valence-corrected chi connectivity index (χ3v) is 4.85. The average molecular weight is 434 g/mol. The molecule has 9 heteroatoms. The van der Waals surface area contributed by atoms with Crippen LogP contribution in [0.4, 0.5) is 13.2 Å². The van der Waals surface area contributed by atoms with E-state index in [0.29, 0.717) is 23.9 Å². The molecule has 1 atom stereocenters. The third kappa shape index (κ3) is 4.70. The molecule has 0 fully saturated rings. The lowest BCUT2D eigenvalue weighted by atomic mass is 9.90. The molecular formula is C20H23ClF3NO4. The van der Waals surface area contributed by atoms with E-state index < -0.39 is 23.4 Å². The number of nitrogens with zero attached hydrogens (tertiary/aromatic N) is 1. The van der Waals surface area contributed by atoms with E-state index in [4.69, 9.17) is 25.8 Å². The van der Waals surface area contributed by atoms with Gasteiger partial charge in [-0.1, -0.05) is 24.9 Å². The van der Waals surface area contributed by atoms with Gasteiger partial charge in [0.1, 0.15) is 6.10 Å². The van der Waals surface area contributed by atoms with Crippen LogP contribution in [0.3, 0.4) is 0 Å². The SMILES string of the molecule is CCCCc1cc(OC)c(OC)c(OC)c1C(O)c1c(Cl)cncc1C(F)(F)F. The smallest absolute Gasteiger partial charge is 0.418 e. The summed E-state index contributed by atoms with van der Waals surface area (Å²) in [7, 11) is 4.16. The number of aliphatic hydroxyl groups excluding tert-OH is 1. The first-order valence-corrected chi connectivity index (χ1v) is 9.29. The van der Waals surface area contributed by atoms with Gasteiger partial charge in [-0.25, -0.2) is 0 Å². The molecular weight excluding hydrogens is 411 g/mol. The van der Waals surface area contributed by atoms with Crippen LogP contribution in [0, 0.1) is 0 Å². The number of hydrogen-bond donors (Lipinski definition) is 1. The van der Waals surface area contributed by atoms with E-state index in [-0.39, 0.29) is 22.1 Å². The molecule has 0 aliphatic rings. The Morgan fingerprint density at radius 2 is 1.72 bits per heavy atom. The second-order valence-electron chi connectivity index (χ2n) is 6.30. The third-order valence-electron chi connectivity index (χ3n) is 4.55. The number of methoxy groups -OCH3 is 3. The van der Waals surface area contributed by atoms with Crippen LogP contribution < -0.4 is 14.2 Å². The Hall–Kier alpha value is -2.19. The summed E-state index contributed by atoms with van der Waals surface area (Å²) in [6.07, 6.45) is -2.68. The topological polar surface area (TPSA) is 60.8 Å². The van der Waals surface area contributed by atoms with Gasteiger partial charge in [-0.15, -0.1) is 0 Å². The van der Waals surface area contributed by atoms with E-state index in [1.165, 1.54) is 21.3 Å². The molecule has 1 heterocycles. The van der Waals surface area contributed by atoms with Gasteiger partial charge in [0.25, 0.3) is 0 Å². The highest BCUT2D eigenvalue weighted by atomic mass is 35.5. The normalized spacial score (nSPS) is 12.6. The molecule has 0 saturated carbocycles. The van der Waals surface area contributed by atoms with E-state index in [1.807, 2.05) is 6.92 Å². The zero-order chi connectivity index (χ0) is 21.8. The van der Waals surface area contributed by atoms with Crippen LogP contribution >= 0.6 is 11.6 Å². The largest absolute Gasteiger partial charge is 0.493 e. The first kappa shape index (κ1) is 23.1. The van der Waals surface area contributed by atoms with Gasteiger partial charge in [0.15, 0.2) is 11.5 Å². The number of unbranched alkanes of at least 4 members (excludes halogenated alkanes) is 1. The van der Waals surface area contributed by atoms with Crippen LogP contribution in [0.5, 0.6) is 17.2 Å². The second kappa shape index (κ2) is 9.54. The van der Waals surface area contributed by atoms with Gasteiger partial charge in [-0.3, -0.25) is 4.98 Å². The number of pyridine rings is 1. The lowest BCUT2D eigenvalue weighted by Gasteiger charge is -2.25. The van der Waals surface area contributed by atoms with Gasteiger partial charge < -0.3 is 19.3 Å². The van der Waals surface area contributed by atoms with Gasteiger partial charge in [-0.2, -0.15) is 13.2 Å². The lowest BCUT2D eigenvalue weighted by molar-refractivity contribution is -0.139. The number of alkyl halides is 3. The van der Waals surface area contributed by atoms with Crippen molar-refractivity contribution in [3.63, 3.8) is 0 Å². The zero-order valence-electron chi connectivity index (χ0n) is 16.6. The Labute approximate surface area is 172 Å². The minimum Gasteiger partial charge on any atom is -0.493 e. The van der Waals surface area contributed by atoms with Crippen molar-refractivity contribution in [2.24, 2.45) is 0 Å². The highest BCUT2D eigenvalue weighted by Crippen LogP contribution is 2.48. The average Bonchev–Trinajstić information content (AvgIpc) is 2.69. The monoisotopic (exact) mass is 433 g/mol. The number of hydrogen-bond acceptors (Lipinski definition) is 5. The molecule has 1 aromatic heterocycles. The zero-order valence-corrected chi connectivity index (χ0v) is 17.3. The van der Waals surface area contributed by atoms with Gasteiger partial charge in [0.2, 0.25) is 5.75 Å². The molecule has 1 unspecified atom stereocenters. The summed E-state index contributed by atoms with van der Waals surface area (Å²) in [5.74, 6) is 0.609. The molecule has 0 saturated heterocycles. The van der Waals surface area contributed by atoms with Crippen molar-refractivity contribution in [2.45, 2.75) is 38.5 Å². The summed E-state index contributed by atoms with van der Waals surface area (Å²) < 4.78 is 56.8. The van der Waals surface area contributed by atoms with Crippen molar-refractivity contribution < 1.29 is 32.5 Å². The second-order valence-corrected chi connectivity index (χ2v) is 6.71. The summed E-state index contributed by atoms with van der Waals surface area (Å²) in [4.78, 5) is 3.52. The Bertz CT molecular complexity index is 859. The quantitative estimate of drug-likeness (QED) is 0.619. The fourth-order valence-corrected chi connectivity index (χ4v) is 3.46. The Morgan fingerprint density at radius 3 is 2.24 bits per heavy atom. The van der Waals surface area contributed by atoms with Gasteiger partial charge in [0.05, 0.1) is 31.9 Å². The number of halogens is 4. The molecule has 0 radical (unpaired) electrons. The van der Waals surface area contributed by atoms with Crippen LogP contribution in [0.25, 0.3) is 0 Å². The Kier molecular flexibility index (Phi) is 7.60. The fourth-order valence-electron chi connectivity index (χ4n) is 3.20. The maximum Gasteiger partial charge on any atom is 0.418 e. The van der Waals surface area contributed by atoms with Crippen molar-refractivity contribution in [1.82, 2.24) is 4.98 Å². The molecule has 0 aliphatic heterocycles. The molecule has 2 aromatic rings. The summed E-state index contributed by atoms with van der Waals surface area (Å²) in [5, 5.41) is 10.8. The molecule has 0 aliphatic carbocycles. The first-order valence-electron chi connectivity index (χ1n) is 8.91. The van der Waals surface area contributed by atoms with Crippen molar-refractivity contribution >= 4 is 11.6 Å². The highest BCUT2D eigenvalue weighted by molar-refractivity contribution is 6.31. The van der Waals surface area contributed by atoms with Gasteiger partial charge >= 0.3 is 6.18 Å². The van der Waals surface area contributed by atoms with Crippen LogP contribution in [0.1, 0.15) is 48.1 Å². The molecule has 1 aromatic carbocycles. The summed E-state index contributed by atoms with van der Waals surface area (Å²) in [6, 6.07) is 1.64. The van der Waals surface area contributed by atoms with Crippen LogP contribution in [-0.2, 0) is 12.6 Å². The molecule has 0 bridgehead atoms. The summed E-state index contributed by atoms with van der Waals surface area (Å²) in [6.45, 7) is 1.98. The maximum atomic E-state index is 13.6. The minimum absolute atomic E-state index is 0.0893. The van der Waals surface area contributed by atoms with Gasteiger partial charge in [0, 0.05) is 23.5 Å². The number of aromatic nitrogens is 1. The van der Waals surface area contributed by atoms with Gasteiger partial charge in [-0.05, 0) is 24.5 Å². The predicted octanol–water partition coefficient (Wildman–Crippen LogP) is 5.20. The van der Waals surface area contributed by atoms with Crippen molar-refractivity contribution in [3.8, 4) is 17.2 Å². The number of benzene rings is 1. The van der Waals surface area contributed by atoms with E-state index in [1.54, 1.807) is 6.07 Å². The first-order chi connectivity index (χ1) is 13.7. The highest BCUT2D eigenvalue weighted by Gasteiger charge is 2.38. The standard InChI is InChI=1S/C20H23ClF3NO4/c1-5-6-7-11-8-14(27-2)18(28-3)19(29-4)15(11)17(26)16-12(20(22,23)24)9-25-10-13(16)21/h8-10,17,26H,5-7H2,1-4H3. The summed E-state index contributed by atoms with van der Waals surface area (Å²) in [5.41, 5.74) is -0.875. The number of aryl methyl sites for hydroxylation is 1. The fraction of sp³-hybridized carbons (Fsp3) is 0.450. The van der Waals surface area contributed by atoms with Crippen molar-refractivity contribution in [1.29, 1.82) is 0 Å². The molecule has 29 heavy (non-hydrogen) atoms. The lowest BCUT2D eigenvalue weighted by Crippen LogP contribution is -2.16. The molecule has 2 rings (SSSR count). The van der Waals surface area contributed by atoms with E-state index in [2.05, 4.69) is 4.98 Å². The number of aliphatic hydroxyl groups is 1. The summed E-state index contributed by atoms with van der Waals surface area (Å²) >= 11 is 6.05. The van der Waals surface area contributed by atoms with E-state index in [9.17, 15) is 18.3 Å². The minimum atomic E-state index is -4.75. The van der Waals surface area contributed by atoms with E-state index in [0.717, 1.165) is 19.0 Å². The molecule has 1 N–H and O–H groups in total. The van der Waals surface area contributed by atoms with Crippen LogP contribution in [0.2, 0.25) is 5.02 Å². The number of ether oxygens (including phenoxy) is 3. The molecule has 0 amide bonds. The Morgan fingerprint density at radius 1 is 1.07 bits per heavy atom. The van der Waals surface area contributed by atoms with E-state index >= 15 is 0 Å². The number of rotatable bonds is 8. The molecule has 160 valence electrons. The molecule has 0 spiro atoms. The van der Waals surface area contributed by atoms with Crippen molar-refractivity contribution in [2.75, 3.05) is 21.3 Å². The molecule has 5 nitrogen and oxygen atoms in total. The van der Waals surface area contributed by atoms with Crippen LogP contribution in [-0.4, -0.2) is 31.4 Å². The Balaban J connectivity index is 2.82. The van der Waals surface area contributed by atoms with Crippen molar-refractivity contribution in [3.05, 3.63) is 45.7 Å². The maximum absolute atomic E-state index is 13.6. The van der Waals surface area contributed by atoms with Crippen LogP contribution in [0.15, 0.2) is 18.5 Å². The predicted molar refractivity (Wildman–Crippen MR) is 103 cm³/mol.